The Kier molecular flexibility index (Phi) is 16.6. The van der Waals surface area contributed by atoms with Crippen LogP contribution in [0.15, 0.2) is 0 Å². The van der Waals surface area contributed by atoms with Gasteiger partial charge in [-0.05, 0) is 13.3 Å². The van der Waals surface area contributed by atoms with Gasteiger partial charge in [0.1, 0.15) is 0 Å². The average molecular weight is 320 g/mol. The van der Waals surface area contributed by atoms with Crippen molar-refractivity contribution < 1.29 is 14.0 Å². The van der Waals surface area contributed by atoms with Crippen molar-refractivity contribution in [1.82, 2.24) is 0 Å². The molecule has 128 valence electrons. The normalized spacial score (nSPS) is 14.2. The first-order valence-electron chi connectivity index (χ1n) is 9.06. The lowest BCUT2D eigenvalue weighted by atomic mass is 10.0. The van der Waals surface area contributed by atoms with E-state index in [0.717, 1.165) is 12.8 Å². The summed E-state index contributed by atoms with van der Waals surface area (Å²) in [5.41, 5.74) is 0. The minimum absolute atomic E-state index is 0.0749. The standard InChI is InChI=1S/C17H37O3P/c1-3-4-5-6-7-8-9-10-11-12-13-14-15-16-17(2)20-21(18)19/h17,21H,3-16H2,1-2H3,(H,18,19). The Labute approximate surface area is 132 Å². The largest absolute Gasteiger partial charge is 0.326 e. The van der Waals surface area contributed by atoms with E-state index in [1.807, 2.05) is 6.92 Å². The van der Waals surface area contributed by atoms with Crippen molar-refractivity contribution in [2.75, 3.05) is 0 Å². The molecule has 2 unspecified atom stereocenters. The zero-order valence-corrected chi connectivity index (χ0v) is 15.2. The molecule has 1 N–H and O–H groups in total. The summed E-state index contributed by atoms with van der Waals surface area (Å²) < 4.78 is 15.4. The van der Waals surface area contributed by atoms with E-state index in [-0.39, 0.29) is 6.10 Å². The molecular weight excluding hydrogens is 283 g/mol. The van der Waals surface area contributed by atoms with Gasteiger partial charge in [-0.15, -0.1) is 0 Å². The van der Waals surface area contributed by atoms with E-state index in [2.05, 4.69) is 6.92 Å². The maximum absolute atomic E-state index is 10.5. The van der Waals surface area contributed by atoms with E-state index in [1.165, 1.54) is 77.0 Å². The minimum atomic E-state index is -2.75. The van der Waals surface area contributed by atoms with Crippen LogP contribution in [0.25, 0.3) is 0 Å². The van der Waals surface area contributed by atoms with Crippen molar-refractivity contribution in [2.24, 2.45) is 0 Å². The fraction of sp³-hybridized carbons (Fsp3) is 1.00. The highest BCUT2D eigenvalue weighted by Gasteiger charge is 2.04. The monoisotopic (exact) mass is 320 g/mol. The molecular formula is C17H37O3P. The van der Waals surface area contributed by atoms with Gasteiger partial charge in [0.2, 0.25) is 0 Å². The second-order valence-electron chi connectivity index (χ2n) is 6.23. The van der Waals surface area contributed by atoms with Crippen LogP contribution in [0.5, 0.6) is 0 Å². The summed E-state index contributed by atoms with van der Waals surface area (Å²) in [7, 11) is -2.75. The third-order valence-corrected chi connectivity index (χ3v) is 4.62. The summed E-state index contributed by atoms with van der Waals surface area (Å²) in [4.78, 5) is 8.65. The lowest BCUT2D eigenvalue weighted by Gasteiger charge is -2.09. The smallest absolute Gasteiger partial charge is 0.316 e. The molecule has 0 aromatic heterocycles. The molecule has 21 heavy (non-hydrogen) atoms. The first-order valence-corrected chi connectivity index (χ1v) is 10.3. The lowest BCUT2D eigenvalue weighted by Crippen LogP contribution is -2.02. The Morgan fingerprint density at radius 1 is 0.810 bits per heavy atom. The van der Waals surface area contributed by atoms with Crippen LogP contribution in [0.1, 0.15) is 104 Å². The van der Waals surface area contributed by atoms with Gasteiger partial charge < -0.3 is 9.42 Å². The fourth-order valence-electron chi connectivity index (χ4n) is 2.68. The summed E-state index contributed by atoms with van der Waals surface area (Å²) in [6.45, 7) is 4.14. The third-order valence-electron chi connectivity index (χ3n) is 4.02. The molecule has 0 aromatic carbocycles. The Morgan fingerprint density at radius 2 is 1.19 bits per heavy atom. The van der Waals surface area contributed by atoms with Crippen LogP contribution in [-0.4, -0.2) is 11.0 Å². The van der Waals surface area contributed by atoms with Gasteiger partial charge in [-0.3, -0.25) is 4.57 Å². The van der Waals surface area contributed by atoms with Crippen molar-refractivity contribution in [3.8, 4) is 0 Å². The molecule has 0 rings (SSSR count). The molecule has 0 amide bonds. The van der Waals surface area contributed by atoms with Gasteiger partial charge in [0.15, 0.2) is 0 Å². The SMILES string of the molecule is CCCCCCCCCCCCCCCC(C)O[PH](=O)O. The van der Waals surface area contributed by atoms with Crippen LogP contribution >= 0.6 is 8.25 Å². The Balaban J connectivity index is 3.07. The maximum Gasteiger partial charge on any atom is 0.316 e. The highest BCUT2D eigenvalue weighted by molar-refractivity contribution is 7.32. The minimum Gasteiger partial charge on any atom is -0.326 e. The number of rotatable bonds is 16. The molecule has 0 aliphatic rings. The van der Waals surface area contributed by atoms with Crippen molar-refractivity contribution in [2.45, 2.75) is 110 Å². The molecule has 0 heterocycles. The molecule has 0 aliphatic carbocycles. The first-order chi connectivity index (χ1) is 10.2. The van der Waals surface area contributed by atoms with Gasteiger partial charge in [0, 0.05) is 0 Å². The molecule has 4 heteroatoms. The quantitative estimate of drug-likeness (QED) is 0.270. The summed E-state index contributed by atoms with van der Waals surface area (Å²) in [6.07, 6.45) is 18.4. The molecule has 0 fully saturated rings. The highest BCUT2D eigenvalue weighted by Crippen LogP contribution is 2.21. The number of unbranched alkanes of at least 4 members (excludes halogenated alkanes) is 12. The molecule has 0 aliphatic heterocycles. The van der Waals surface area contributed by atoms with Gasteiger partial charge in [0.25, 0.3) is 0 Å². The molecule has 0 radical (unpaired) electrons. The van der Waals surface area contributed by atoms with Gasteiger partial charge in [-0.1, -0.05) is 90.4 Å². The third kappa shape index (κ3) is 18.1. The zero-order chi connectivity index (χ0) is 15.8. The molecule has 0 aromatic rings. The number of hydrogen-bond acceptors (Lipinski definition) is 2. The molecule has 0 bridgehead atoms. The highest BCUT2D eigenvalue weighted by atomic mass is 31.1. The van der Waals surface area contributed by atoms with Crippen LogP contribution < -0.4 is 0 Å². The second-order valence-corrected chi connectivity index (χ2v) is 6.99. The second kappa shape index (κ2) is 16.5. The van der Waals surface area contributed by atoms with Crippen LogP contribution in [0.4, 0.5) is 0 Å². The maximum atomic E-state index is 10.5. The van der Waals surface area contributed by atoms with E-state index in [1.54, 1.807) is 0 Å². The van der Waals surface area contributed by atoms with Crippen molar-refractivity contribution in [3.05, 3.63) is 0 Å². The van der Waals surface area contributed by atoms with Gasteiger partial charge >= 0.3 is 8.25 Å². The first kappa shape index (κ1) is 21.1. The fourth-order valence-corrected chi connectivity index (χ4v) is 3.14. The van der Waals surface area contributed by atoms with Crippen LogP contribution in [0.2, 0.25) is 0 Å². The molecule has 2 atom stereocenters. The van der Waals surface area contributed by atoms with E-state index in [9.17, 15) is 4.57 Å². The van der Waals surface area contributed by atoms with Gasteiger partial charge in [0.05, 0.1) is 6.10 Å². The molecule has 0 spiro atoms. The topological polar surface area (TPSA) is 46.5 Å². The van der Waals surface area contributed by atoms with E-state index >= 15 is 0 Å². The Morgan fingerprint density at radius 3 is 1.57 bits per heavy atom. The zero-order valence-electron chi connectivity index (χ0n) is 14.2. The van der Waals surface area contributed by atoms with E-state index < -0.39 is 8.25 Å². The van der Waals surface area contributed by atoms with Crippen molar-refractivity contribution in [1.29, 1.82) is 0 Å². The van der Waals surface area contributed by atoms with Crippen LogP contribution in [0, 0.1) is 0 Å². The predicted octanol–water partition coefficient (Wildman–Crippen LogP) is 6.25. The van der Waals surface area contributed by atoms with Crippen LogP contribution in [0.3, 0.4) is 0 Å². The van der Waals surface area contributed by atoms with Crippen LogP contribution in [-0.2, 0) is 9.09 Å². The summed E-state index contributed by atoms with van der Waals surface area (Å²) in [5.74, 6) is 0. The van der Waals surface area contributed by atoms with Gasteiger partial charge in [-0.2, -0.15) is 0 Å². The van der Waals surface area contributed by atoms with E-state index in [4.69, 9.17) is 9.42 Å². The Hall–Kier alpha value is 0.150. The summed E-state index contributed by atoms with van der Waals surface area (Å²) in [6, 6.07) is 0. The Bertz CT molecular complexity index is 234. The van der Waals surface area contributed by atoms with Crippen molar-refractivity contribution >= 4 is 8.25 Å². The molecule has 0 saturated carbocycles. The number of hydrogen-bond donors (Lipinski definition) is 1. The van der Waals surface area contributed by atoms with Crippen molar-refractivity contribution in [3.63, 3.8) is 0 Å². The molecule has 0 saturated heterocycles. The molecule has 3 nitrogen and oxygen atoms in total. The lowest BCUT2D eigenvalue weighted by molar-refractivity contribution is 0.192. The van der Waals surface area contributed by atoms with Gasteiger partial charge in [-0.25, -0.2) is 0 Å². The predicted molar refractivity (Wildman–Crippen MR) is 92.1 cm³/mol. The summed E-state index contributed by atoms with van der Waals surface area (Å²) in [5, 5.41) is 0. The van der Waals surface area contributed by atoms with E-state index in [0.29, 0.717) is 0 Å². The average Bonchev–Trinajstić information content (AvgIpc) is 2.43. The summed E-state index contributed by atoms with van der Waals surface area (Å²) >= 11 is 0.